The number of fused-ring (bicyclic) bond motifs is 1. The second-order valence-electron chi connectivity index (χ2n) is 3.73. The minimum absolute atomic E-state index is 0.693. The fourth-order valence-electron chi connectivity index (χ4n) is 1.88. The van der Waals surface area contributed by atoms with Crippen molar-refractivity contribution in [2.75, 3.05) is 6.54 Å². The molecule has 2 nitrogen and oxygen atoms in total. The van der Waals surface area contributed by atoms with Crippen LogP contribution < -0.4 is 5.73 Å². The summed E-state index contributed by atoms with van der Waals surface area (Å²) < 4.78 is 0. The molecule has 0 aliphatic rings. The standard InChI is InChI=1S/C13H16N2/c1-2-3-10-4-5-13-12(8-10)11(6-7-14)9-15-13/h2,4-5,8-9,15H,1,3,6-7,14H2. The lowest BCUT2D eigenvalue weighted by molar-refractivity contribution is 0.976. The van der Waals surface area contributed by atoms with Crippen LogP contribution in [-0.4, -0.2) is 11.5 Å². The Kier molecular flexibility index (Phi) is 2.88. The summed E-state index contributed by atoms with van der Waals surface area (Å²) in [5.74, 6) is 0. The van der Waals surface area contributed by atoms with Gasteiger partial charge in [-0.2, -0.15) is 0 Å². The topological polar surface area (TPSA) is 41.8 Å². The van der Waals surface area contributed by atoms with E-state index in [9.17, 15) is 0 Å². The second kappa shape index (κ2) is 4.32. The number of nitrogens with one attached hydrogen (secondary N) is 1. The van der Waals surface area contributed by atoms with Gasteiger partial charge in [0.1, 0.15) is 0 Å². The van der Waals surface area contributed by atoms with E-state index in [2.05, 4.69) is 36.0 Å². The summed E-state index contributed by atoms with van der Waals surface area (Å²) in [6, 6.07) is 6.47. The third kappa shape index (κ3) is 1.95. The van der Waals surface area contributed by atoms with Gasteiger partial charge in [0.05, 0.1) is 0 Å². The Morgan fingerprint density at radius 2 is 2.27 bits per heavy atom. The summed E-state index contributed by atoms with van der Waals surface area (Å²) >= 11 is 0. The van der Waals surface area contributed by atoms with E-state index in [4.69, 9.17) is 5.73 Å². The molecular formula is C13H16N2. The molecule has 0 atom stereocenters. The van der Waals surface area contributed by atoms with Crippen LogP contribution in [0.25, 0.3) is 10.9 Å². The first-order chi connectivity index (χ1) is 7.35. The number of hydrogen-bond donors (Lipinski definition) is 2. The Bertz CT molecular complexity index is 468. The highest BCUT2D eigenvalue weighted by atomic mass is 14.7. The summed E-state index contributed by atoms with van der Waals surface area (Å²) in [5, 5.41) is 1.29. The highest BCUT2D eigenvalue weighted by molar-refractivity contribution is 5.83. The molecule has 0 bridgehead atoms. The molecule has 78 valence electrons. The van der Waals surface area contributed by atoms with E-state index < -0.39 is 0 Å². The molecule has 1 heterocycles. The molecule has 2 rings (SSSR count). The summed E-state index contributed by atoms with van der Waals surface area (Å²) in [6.07, 6.45) is 5.83. The Morgan fingerprint density at radius 3 is 3.00 bits per heavy atom. The molecule has 15 heavy (non-hydrogen) atoms. The van der Waals surface area contributed by atoms with Gasteiger partial charge >= 0.3 is 0 Å². The van der Waals surface area contributed by atoms with Gasteiger partial charge in [-0.15, -0.1) is 6.58 Å². The summed E-state index contributed by atoms with van der Waals surface area (Å²) in [5.41, 5.74) is 9.37. The Labute approximate surface area is 89.8 Å². The van der Waals surface area contributed by atoms with Gasteiger partial charge in [0.25, 0.3) is 0 Å². The SMILES string of the molecule is C=CCc1ccc2[nH]cc(CCN)c2c1. The van der Waals surface area contributed by atoms with Crippen molar-refractivity contribution in [2.24, 2.45) is 5.73 Å². The number of benzene rings is 1. The van der Waals surface area contributed by atoms with Gasteiger partial charge in [-0.25, -0.2) is 0 Å². The summed E-state index contributed by atoms with van der Waals surface area (Å²) in [7, 11) is 0. The average molecular weight is 200 g/mol. The van der Waals surface area contributed by atoms with Crippen molar-refractivity contribution in [3.8, 4) is 0 Å². The quantitative estimate of drug-likeness (QED) is 0.731. The van der Waals surface area contributed by atoms with Crippen LogP contribution >= 0.6 is 0 Å². The van der Waals surface area contributed by atoms with Crippen molar-refractivity contribution in [1.82, 2.24) is 4.98 Å². The molecule has 2 heteroatoms. The normalized spacial score (nSPS) is 10.7. The van der Waals surface area contributed by atoms with Crippen molar-refractivity contribution in [1.29, 1.82) is 0 Å². The molecule has 0 radical (unpaired) electrons. The molecule has 1 aromatic heterocycles. The third-order valence-electron chi connectivity index (χ3n) is 2.63. The van der Waals surface area contributed by atoms with E-state index >= 15 is 0 Å². The predicted octanol–water partition coefficient (Wildman–Crippen LogP) is 2.40. The minimum Gasteiger partial charge on any atom is -0.361 e. The van der Waals surface area contributed by atoms with Crippen molar-refractivity contribution in [3.63, 3.8) is 0 Å². The fraction of sp³-hybridized carbons (Fsp3) is 0.231. The number of aromatic amines is 1. The van der Waals surface area contributed by atoms with Crippen LogP contribution in [0.3, 0.4) is 0 Å². The van der Waals surface area contributed by atoms with E-state index in [0.29, 0.717) is 6.54 Å². The molecule has 0 aliphatic carbocycles. The highest BCUT2D eigenvalue weighted by Crippen LogP contribution is 2.20. The maximum absolute atomic E-state index is 5.58. The first-order valence-corrected chi connectivity index (χ1v) is 5.25. The van der Waals surface area contributed by atoms with Gasteiger partial charge in [-0.3, -0.25) is 0 Å². The van der Waals surface area contributed by atoms with Crippen LogP contribution in [0, 0.1) is 0 Å². The number of nitrogens with two attached hydrogens (primary N) is 1. The minimum atomic E-state index is 0.693. The van der Waals surface area contributed by atoms with E-state index in [0.717, 1.165) is 12.8 Å². The van der Waals surface area contributed by atoms with Crippen molar-refractivity contribution in [2.45, 2.75) is 12.8 Å². The van der Waals surface area contributed by atoms with Crippen molar-refractivity contribution >= 4 is 10.9 Å². The fourth-order valence-corrected chi connectivity index (χ4v) is 1.88. The van der Waals surface area contributed by atoms with Gasteiger partial charge in [0.2, 0.25) is 0 Å². The number of hydrogen-bond acceptors (Lipinski definition) is 1. The first-order valence-electron chi connectivity index (χ1n) is 5.25. The van der Waals surface area contributed by atoms with E-state index in [-0.39, 0.29) is 0 Å². The molecule has 0 saturated carbocycles. The van der Waals surface area contributed by atoms with Crippen LogP contribution in [0.5, 0.6) is 0 Å². The number of rotatable bonds is 4. The first kappa shape index (κ1) is 9.99. The monoisotopic (exact) mass is 200 g/mol. The number of aromatic nitrogens is 1. The smallest absolute Gasteiger partial charge is 0.0456 e. The van der Waals surface area contributed by atoms with Crippen LogP contribution in [0.4, 0.5) is 0 Å². The molecule has 0 aliphatic heterocycles. The van der Waals surface area contributed by atoms with Gasteiger partial charge in [-0.1, -0.05) is 12.1 Å². The van der Waals surface area contributed by atoms with Crippen LogP contribution in [0.15, 0.2) is 37.1 Å². The molecule has 0 amide bonds. The maximum atomic E-state index is 5.58. The van der Waals surface area contributed by atoms with Gasteiger partial charge in [0, 0.05) is 17.1 Å². The largest absolute Gasteiger partial charge is 0.361 e. The summed E-state index contributed by atoms with van der Waals surface area (Å²) in [6.45, 7) is 4.45. The van der Waals surface area contributed by atoms with Crippen LogP contribution in [0.2, 0.25) is 0 Å². The third-order valence-corrected chi connectivity index (χ3v) is 2.63. The van der Waals surface area contributed by atoms with Crippen LogP contribution in [-0.2, 0) is 12.8 Å². The maximum Gasteiger partial charge on any atom is 0.0456 e. The predicted molar refractivity (Wildman–Crippen MR) is 65.0 cm³/mol. The lowest BCUT2D eigenvalue weighted by atomic mass is 10.1. The molecular weight excluding hydrogens is 184 g/mol. The van der Waals surface area contributed by atoms with Crippen molar-refractivity contribution in [3.05, 3.63) is 48.2 Å². The zero-order valence-electron chi connectivity index (χ0n) is 8.79. The molecule has 3 N–H and O–H groups in total. The van der Waals surface area contributed by atoms with Crippen LogP contribution in [0.1, 0.15) is 11.1 Å². The van der Waals surface area contributed by atoms with E-state index in [1.54, 1.807) is 0 Å². The molecule has 0 fully saturated rings. The number of H-pyrrole nitrogens is 1. The van der Waals surface area contributed by atoms with Gasteiger partial charge in [-0.05, 0) is 42.6 Å². The zero-order chi connectivity index (χ0) is 10.7. The molecule has 0 unspecified atom stereocenters. The summed E-state index contributed by atoms with van der Waals surface area (Å²) in [4.78, 5) is 3.26. The number of allylic oxidation sites excluding steroid dienone is 1. The molecule has 2 aromatic rings. The van der Waals surface area contributed by atoms with Gasteiger partial charge < -0.3 is 10.7 Å². The lowest BCUT2D eigenvalue weighted by Crippen LogP contribution is -2.01. The van der Waals surface area contributed by atoms with Crippen molar-refractivity contribution < 1.29 is 0 Å². The van der Waals surface area contributed by atoms with E-state index in [1.807, 2.05) is 6.08 Å². The Hall–Kier alpha value is -1.54. The Morgan fingerprint density at radius 1 is 1.40 bits per heavy atom. The molecule has 0 spiro atoms. The lowest BCUT2D eigenvalue weighted by Gasteiger charge is -1.99. The average Bonchev–Trinajstić information content (AvgIpc) is 2.63. The zero-order valence-corrected chi connectivity index (χ0v) is 8.79. The highest BCUT2D eigenvalue weighted by Gasteiger charge is 2.03. The Balaban J connectivity index is 2.46. The molecule has 0 saturated heterocycles. The second-order valence-corrected chi connectivity index (χ2v) is 3.73. The van der Waals surface area contributed by atoms with Gasteiger partial charge in [0.15, 0.2) is 0 Å². The molecule has 1 aromatic carbocycles. The van der Waals surface area contributed by atoms with E-state index in [1.165, 1.54) is 22.0 Å².